The third kappa shape index (κ3) is 3.84. The van der Waals surface area contributed by atoms with Gasteiger partial charge in [0.05, 0.1) is 6.61 Å². The fourth-order valence-electron chi connectivity index (χ4n) is 3.86. The van der Waals surface area contributed by atoms with E-state index in [1.807, 2.05) is 30.3 Å². The molecule has 1 heterocycles. The van der Waals surface area contributed by atoms with Gasteiger partial charge >= 0.3 is 0 Å². The van der Waals surface area contributed by atoms with E-state index < -0.39 is 0 Å². The van der Waals surface area contributed by atoms with E-state index in [1.54, 1.807) is 0 Å². The van der Waals surface area contributed by atoms with Crippen molar-refractivity contribution in [3.63, 3.8) is 0 Å². The van der Waals surface area contributed by atoms with Crippen LogP contribution >= 0.6 is 0 Å². The first kappa shape index (κ1) is 20.2. The molecule has 0 amide bonds. The smallest absolute Gasteiger partial charge is 0.190 e. The molecule has 0 atom stereocenters. The van der Waals surface area contributed by atoms with Crippen LogP contribution in [-0.4, -0.2) is 24.7 Å². The quantitative estimate of drug-likeness (QED) is 0.209. The maximum atomic E-state index is 12.7. The normalized spacial score (nSPS) is 11.4. The van der Waals surface area contributed by atoms with Crippen molar-refractivity contribution in [3.05, 3.63) is 52.7 Å². The Balaban J connectivity index is 1.81. The lowest BCUT2D eigenvalue weighted by molar-refractivity contribution is 0.306. The van der Waals surface area contributed by atoms with Gasteiger partial charge in [0.2, 0.25) is 0 Å². The minimum Gasteiger partial charge on any atom is -0.494 e. The number of benzene rings is 3. The number of hydrogen-bond donors (Lipinski definition) is 0. The maximum Gasteiger partial charge on any atom is 0.190 e. The molecule has 30 heavy (non-hydrogen) atoms. The van der Waals surface area contributed by atoms with Crippen molar-refractivity contribution in [3.8, 4) is 17.2 Å². The highest BCUT2D eigenvalue weighted by Crippen LogP contribution is 2.33. The molecule has 2 aromatic rings. The van der Waals surface area contributed by atoms with Gasteiger partial charge in [-0.25, -0.2) is 4.98 Å². The van der Waals surface area contributed by atoms with Crippen molar-refractivity contribution in [1.82, 2.24) is 4.98 Å². The predicted octanol–water partition coefficient (Wildman–Crippen LogP) is 5.86. The van der Waals surface area contributed by atoms with Crippen LogP contribution in [0.15, 0.2) is 51.7 Å². The van der Waals surface area contributed by atoms with Crippen molar-refractivity contribution in [2.24, 2.45) is 0 Å². The van der Waals surface area contributed by atoms with Gasteiger partial charge in [0.25, 0.3) is 0 Å². The van der Waals surface area contributed by atoms with E-state index in [2.05, 4.69) is 31.7 Å². The first-order valence-corrected chi connectivity index (χ1v) is 10.8. The first-order valence-electron chi connectivity index (χ1n) is 10.8. The van der Waals surface area contributed by atoms with E-state index in [0.29, 0.717) is 29.0 Å². The van der Waals surface area contributed by atoms with E-state index >= 15 is 0 Å². The molecule has 0 radical (unpaired) electrons. The van der Waals surface area contributed by atoms with Crippen molar-refractivity contribution in [2.75, 3.05) is 24.6 Å². The zero-order valence-electron chi connectivity index (χ0n) is 17.9. The molecule has 156 valence electrons. The highest BCUT2D eigenvalue weighted by Gasteiger charge is 2.17. The third-order valence-corrected chi connectivity index (χ3v) is 5.55. The molecule has 5 heteroatoms. The van der Waals surface area contributed by atoms with Crippen LogP contribution < -0.4 is 15.1 Å². The highest BCUT2D eigenvalue weighted by molar-refractivity contribution is 5.97. The third-order valence-electron chi connectivity index (χ3n) is 5.55. The summed E-state index contributed by atoms with van der Waals surface area (Å²) in [5, 5.41) is 1.40. The fourth-order valence-corrected chi connectivity index (χ4v) is 3.86. The largest absolute Gasteiger partial charge is 0.494 e. The Morgan fingerprint density at radius 1 is 0.967 bits per heavy atom. The Bertz CT molecular complexity index is 1190. The molecule has 2 aromatic carbocycles. The summed E-state index contributed by atoms with van der Waals surface area (Å²) in [5.74, 6) is 1.25. The molecule has 4 rings (SSSR count). The molecule has 0 saturated carbocycles. The van der Waals surface area contributed by atoms with Crippen LogP contribution in [-0.2, 0) is 0 Å². The minimum atomic E-state index is -0.0696. The van der Waals surface area contributed by atoms with Crippen molar-refractivity contribution in [1.29, 1.82) is 0 Å². The number of rotatable bonds is 8. The second kappa shape index (κ2) is 8.74. The molecule has 0 fully saturated rings. The van der Waals surface area contributed by atoms with Crippen LogP contribution in [0.4, 0.5) is 5.69 Å². The van der Waals surface area contributed by atoms with Gasteiger partial charge in [-0.15, -0.1) is 0 Å². The molecule has 0 unspecified atom stereocenters. The van der Waals surface area contributed by atoms with Crippen molar-refractivity contribution in [2.45, 2.75) is 40.0 Å². The summed E-state index contributed by atoms with van der Waals surface area (Å²) in [4.78, 5) is 19.8. The molecular weight excluding hydrogens is 376 g/mol. The van der Waals surface area contributed by atoms with E-state index in [4.69, 9.17) is 14.1 Å². The number of ether oxygens (including phenoxy) is 1. The SMILES string of the molecule is CCCCCOc1ccc2c(=O)cc3oc4cc(N(CC)CC)ccc4nc-3c2c1. The number of anilines is 1. The van der Waals surface area contributed by atoms with Gasteiger partial charge in [0.15, 0.2) is 16.8 Å². The minimum absolute atomic E-state index is 0.0696. The molecule has 0 spiro atoms. The molecule has 0 saturated heterocycles. The molecule has 0 aromatic heterocycles. The molecule has 0 bridgehead atoms. The highest BCUT2D eigenvalue weighted by atomic mass is 16.5. The van der Waals surface area contributed by atoms with Gasteiger partial charge in [-0.2, -0.15) is 0 Å². The predicted molar refractivity (Wildman–Crippen MR) is 123 cm³/mol. The van der Waals surface area contributed by atoms with Gasteiger partial charge in [-0.05, 0) is 50.6 Å². The first-order chi connectivity index (χ1) is 14.6. The van der Waals surface area contributed by atoms with Gasteiger partial charge in [-0.3, -0.25) is 4.79 Å². The Kier molecular flexibility index (Phi) is 5.88. The number of hydrogen-bond acceptors (Lipinski definition) is 5. The molecule has 5 nitrogen and oxygen atoms in total. The Hall–Kier alpha value is -3.08. The number of nitrogens with zero attached hydrogens (tertiary/aromatic N) is 2. The summed E-state index contributed by atoms with van der Waals surface area (Å²) in [6.07, 6.45) is 3.31. The van der Waals surface area contributed by atoms with E-state index in [9.17, 15) is 4.79 Å². The van der Waals surface area contributed by atoms with E-state index in [1.165, 1.54) is 6.07 Å². The average molecular weight is 405 g/mol. The van der Waals surface area contributed by atoms with Crippen LogP contribution in [0.25, 0.3) is 33.3 Å². The lowest BCUT2D eigenvalue weighted by atomic mass is 10.0. The molecule has 2 aliphatic rings. The number of fused-ring (bicyclic) bond motifs is 4. The van der Waals surface area contributed by atoms with Gasteiger partial charge in [-0.1, -0.05) is 19.8 Å². The topological polar surface area (TPSA) is 55.6 Å². The summed E-state index contributed by atoms with van der Waals surface area (Å²) >= 11 is 0. The van der Waals surface area contributed by atoms with Crippen LogP contribution in [0.5, 0.6) is 5.75 Å². The summed E-state index contributed by atoms with van der Waals surface area (Å²) in [6, 6.07) is 13.2. The van der Waals surface area contributed by atoms with Crippen LogP contribution in [0.3, 0.4) is 0 Å². The van der Waals surface area contributed by atoms with Crippen molar-refractivity contribution >= 4 is 27.6 Å². The monoisotopic (exact) mass is 404 g/mol. The summed E-state index contributed by atoms with van der Waals surface area (Å²) in [5.41, 5.74) is 3.15. The molecular formula is C25H28N2O3. The summed E-state index contributed by atoms with van der Waals surface area (Å²) < 4.78 is 12.0. The standard InChI is InChI=1S/C25H28N2O3/c1-4-7-8-13-29-18-10-11-19-20(15-18)25-24(16-22(19)28)30-23-14-17(27(5-2)6-3)9-12-21(23)26-25/h9-12,14-16H,4-8,13H2,1-3H3. The zero-order chi connectivity index (χ0) is 21.1. The zero-order valence-corrected chi connectivity index (χ0v) is 17.9. The van der Waals surface area contributed by atoms with Crippen LogP contribution in [0.2, 0.25) is 0 Å². The maximum absolute atomic E-state index is 12.7. The average Bonchev–Trinajstić information content (AvgIpc) is 2.76. The van der Waals surface area contributed by atoms with Crippen LogP contribution in [0, 0.1) is 0 Å². The Morgan fingerprint density at radius 2 is 1.80 bits per heavy atom. The van der Waals surface area contributed by atoms with E-state index in [0.717, 1.165) is 54.7 Å². The van der Waals surface area contributed by atoms with Gasteiger partial charge in [0, 0.05) is 41.7 Å². The fraction of sp³-hybridized carbons (Fsp3) is 0.360. The molecule has 1 aliphatic carbocycles. The second-order valence-electron chi connectivity index (χ2n) is 7.52. The van der Waals surface area contributed by atoms with E-state index in [-0.39, 0.29) is 5.43 Å². The molecule has 1 aliphatic heterocycles. The number of aromatic nitrogens is 1. The van der Waals surface area contributed by atoms with Gasteiger partial charge in [0.1, 0.15) is 17.0 Å². The lowest BCUT2D eigenvalue weighted by Gasteiger charge is -2.21. The number of unbranched alkanes of at least 4 members (excludes halogenated alkanes) is 2. The lowest BCUT2D eigenvalue weighted by Crippen LogP contribution is -2.21. The van der Waals surface area contributed by atoms with Crippen molar-refractivity contribution < 1.29 is 9.15 Å². The molecule has 0 N–H and O–H groups in total. The van der Waals surface area contributed by atoms with Crippen LogP contribution in [0.1, 0.15) is 40.0 Å². The summed E-state index contributed by atoms with van der Waals surface area (Å²) in [7, 11) is 0. The second-order valence-corrected chi connectivity index (χ2v) is 7.52. The Labute approximate surface area is 176 Å². The summed E-state index contributed by atoms with van der Waals surface area (Å²) in [6.45, 7) is 8.92. The Morgan fingerprint density at radius 3 is 2.57 bits per heavy atom. The van der Waals surface area contributed by atoms with Gasteiger partial charge < -0.3 is 14.1 Å².